The van der Waals surface area contributed by atoms with E-state index in [1.807, 2.05) is 0 Å². The molecule has 1 heterocycles. The molecule has 0 amide bonds. The highest BCUT2D eigenvalue weighted by Gasteiger charge is 2.25. The minimum Gasteiger partial charge on any atom is -0.201 e. The summed E-state index contributed by atoms with van der Waals surface area (Å²) in [7, 11) is 0. The molecule has 0 aliphatic carbocycles. The van der Waals surface area contributed by atoms with Crippen LogP contribution in [0, 0.1) is 17.7 Å². The molecule has 0 saturated carbocycles. The fourth-order valence-electron chi connectivity index (χ4n) is 1.46. The van der Waals surface area contributed by atoms with Crippen LogP contribution in [0.25, 0.3) is 11.1 Å². The number of hydrogen-bond donors (Lipinski definition) is 0. The minimum atomic E-state index is -1.65. The molecule has 0 aliphatic rings. The van der Waals surface area contributed by atoms with Gasteiger partial charge < -0.3 is 0 Å². The molecule has 0 radical (unpaired) electrons. The van der Waals surface area contributed by atoms with Gasteiger partial charge in [0.05, 0.1) is 15.1 Å². The first-order chi connectivity index (χ1) is 8.84. The lowest BCUT2D eigenvalue weighted by Crippen LogP contribution is -2.00. The zero-order valence-corrected chi connectivity index (χ0v) is 11.8. The second-order valence-corrected chi connectivity index (χ2v) is 4.98. The first-order valence-electron chi connectivity index (χ1n) is 4.68. The quantitative estimate of drug-likeness (QED) is 0.471. The number of hydrogen-bond acceptors (Lipinski definition) is 1. The molecule has 100 valence electrons. The second kappa shape index (κ2) is 5.37. The number of rotatable bonds is 1. The second-order valence-electron chi connectivity index (χ2n) is 3.41. The highest BCUT2D eigenvalue weighted by Crippen LogP contribution is 2.43. The third-order valence-corrected chi connectivity index (χ3v) is 3.76. The predicted octanol–water partition coefficient (Wildman–Crippen LogP) is 5.78. The Morgan fingerprint density at radius 3 is 1.95 bits per heavy atom. The Bertz CT molecular complexity index is 649. The Balaban J connectivity index is 2.91. The molecule has 1 nitrogen and oxygen atoms in total. The highest BCUT2D eigenvalue weighted by molar-refractivity contribution is 6.46. The van der Waals surface area contributed by atoms with Crippen molar-refractivity contribution in [3.63, 3.8) is 0 Å². The maximum atomic E-state index is 13.8. The van der Waals surface area contributed by atoms with Gasteiger partial charge in [-0.25, -0.2) is 4.39 Å². The molecule has 0 N–H and O–H groups in total. The van der Waals surface area contributed by atoms with E-state index in [1.165, 1.54) is 12.1 Å². The summed E-state index contributed by atoms with van der Waals surface area (Å²) in [5.41, 5.74) is -0.817. The van der Waals surface area contributed by atoms with E-state index in [0.717, 1.165) is 0 Å². The number of nitrogens with zero attached hydrogens (tertiary/aromatic N) is 1. The Hall–Kier alpha value is -0.680. The van der Waals surface area contributed by atoms with Crippen LogP contribution in [0.4, 0.5) is 13.2 Å². The summed E-state index contributed by atoms with van der Waals surface area (Å²) in [4.78, 5) is 2.68. The molecule has 2 aromatic rings. The van der Waals surface area contributed by atoms with Gasteiger partial charge in [0.25, 0.3) is 5.95 Å². The van der Waals surface area contributed by atoms with E-state index >= 15 is 0 Å². The number of pyridine rings is 1. The standard InChI is InChI=1S/C11H2Cl4F3N/c12-3-1-2-4(13)7(14)5(3)6-8(15)10(17)19-11(18)9(6)16/h1-2H. The van der Waals surface area contributed by atoms with Gasteiger partial charge in [-0.2, -0.15) is 13.8 Å². The van der Waals surface area contributed by atoms with Crippen molar-refractivity contribution in [1.29, 1.82) is 0 Å². The first kappa shape index (κ1) is 14.7. The molecule has 1 aromatic carbocycles. The van der Waals surface area contributed by atoms with Crippen LogP contribution in [-0.4, -0.2) is 4.98 Å². The molecule has 2 rings (SSSR count). The SMILES string of the molecule is Fc1nc(F)c(Cl)c(-c2c(Cl)ccc(Cl)c2Cl)c1F. The summed E-state index contributed by atoms with van der Waals surface area (Å²) < 4.78 is 40.2. The minimum absolute atomic E-state index is 0.0363. The van der Waals surface area contributed by atoms with Gasteiger partial charge in [-0.05, 0) is 12.1 Å². The van der Waals surface area contributed by atoms with Crippen molar-refractivity contribution < 1.29 is 13.2 Å². The summed E-state index contributed by atoms with van der Waals surface area (Å²) >= 11 is 23.1. The third kappa shape index (κ3) is 2.50. The van der Waals surface area contributed by atoms with Crippen molar-refractivity contribution in [2.75, 3.05) is 0 Å². The van der Waals surface area contributed by atoms with Crippen molar-refractivity contribution in [2.45, 2.75) is 0 Å². The molecule has 0 aliphatic heterocycles. The third-order valence-electron chi connectivity index (χ3n) is 2.29. The topological polar surface area (TPSA) is 12.9 Å². The zero-order valence-electron chi connectivity index (χ0n) is 8.75. The van der Waals surface area contributed by atoms with Gasteiger partial charge in [-0.3, -0.25) is 0 Å². The van der Waals surface area contributed by atoms with E-state index in [-0.39, 0.29) is 20.6 Å². The van der Waals surface area contributed by atoms with E-state index in [1.54, 1.807) is 0 Å². The first-order valence-corrected chi connectivity index (χ1v) is 6.19. The lowest BCUT2D eigenvalue weighted by Gasteiger charge is -2.12. The van der Waals surface area contributed by atoms with E-state index in [0.29, 0.717) is 0 Å². The Kier molecular flexibility index (Phi) is 4.16. The maximum absolute atomic E-state index is 13.8. The monoisotopic (exact) mass is 345 g/mol. The number of aromatic nitrogens is 1. The molecule has 0 saturated heterocycles. The van der Waals surface area contributed by atoms with Crippen LogP contribution in [0.1, 0.15) is 0 Å². The molecule has 0 spiro atoms. The van der Waals surface area contributed by atoms with Crippen LogP contribution < -0.4 is 0 Å². The van der Waals surface area contributed by atoms with Crippen LogP contribution >= 0.6 is 46.4 Å². The van der Waals surface area contributed by atoms with Crippen molar-refractivity contribution in [3.05, 3.63) is 49.9 Å². The Morgan fingerprint density at radius 2 is 1.32 bits per heavy atom. The predicted molar refractivity (Wildman–Crippen MR) is 69.6 cm³/mol. The Morgan fingerprint density at radius 1 is 0.737 bits per heavy atom. The lowest BCUT2D eigenvalue weighted by atomic mass is 10.1. The molecule has 0 bridgehead atoms. The summed E-state index contributed by atoms with van der Waals surface area (Å²) in [5, 5.41) is -0.917. The van der Waals surface area contributed by atoms with Gasteiger partial charge in [-0.1, -0.05) is 46.4 Å². The molecular weight excluding hydrogens is 345 g/mol. The van der Waals surface area contributed by atoms with Gasteiger partial charge >= 0.3 is 0 Å². The molecule has 19 heavy (non-hydrogen) atoms. The van der Waals surface area contributed by atoms with Gasteiger partial charge in [0, 0.05) is 11.1 Å². The largest absolute Gasteiger partial charge is 0.252 e. The van der Waals surface area contributed by atoms with Crippen LogP contribution in [0.15, 0.2) is 12.1 Å². The van der Waals surface area contributed by atoms with Crippen molar-refractivity contribution in [3.8, 4) is 11.1 Å². The lowest BCUT2D eigenvalue weighted by molar-refractivity contribution is 0.450. The van der Waals surface area contributed by atoms with Gasteiger partial charge in [0.2, 0.25) is 5.95 Å². The molecule has 1 aromatic heterocycles. The summed E-state index contributed by atoms with van der Waals surface area (Å²) in [6, 6.07) is 2.66. The molecule has 8 heteroatoms. The van der Waals surface area contributed by atoms with E-state index in [9.17, 15) is 13.2 Å². The molecule has 0 fully saturated rings. The van der Waals surface area contributed by atoms with Gasteiger partial charge in [0.1, 0.15) is 5.02 Å². The fourth-order valence-corrected chi connectivity index (χ4v) is 2.40. The zero-order chi connectivity index (χ0) is 14.3. The van der Waals surface area contributed by atoms with Gasteiger partial charge in [0.15, 0.2) is 5.82 Å². The van der Waals surface area contributed by atoms with Crippen molar-refractivity contribution >= 4 is 46.4 Å². The molecule has 0 atom stereocenters. The summed E-state index contributed by atoms with van der Waals surface area (Å²) in [5.74, 6) is -4.48. The smallest absolute Gasteiger partial charge is 0.201 e. The summed E-state index contributed by atoms with van der Waals surface area (Å²) in [6.07, 6.45) is 0. The van der Waals surface area contributed by atoms with Crippen LogP contribution in [0.3, 0.4) is 0 Å². The average molecular weight is 347 g/mol. The molecular formula is C11H2Cl4F3N. The Labute approximate surface area is 125 Å². The van der Waals surface area contributed by atoms with Crippen LogP contribution in [0.2, 0.25) is 20.1 Å². The van der Waals surface area contributed by atoms with Crippen LogP contribution in [0.5, 0.6) is 0 Å². The van der Waals surface area contributed by atoms with E-state index in [4.69, 9.17) is 46.4 Å². The highest BCUT2D eigenvalue weighted by atomic mass is 35.5. The van der Waals surface area contributed by atoms with E-state index in [2.05, 4.69) is 4.98 Å². The number of halogens is 7. The number of benzene rings is 1. The average Bonchev–Trinajstić information content (AvgIpc) is 2.36. The maximum Gasteiger partial charge on any atom is 0.252 e. The van der Waals surface area contributed by atoms with E-state index < -0.39 is 28.3 Å². The normalized spacial score (nSPS) is 10.9. The van der Waals surface area contributed by atoms with Gasteiger partial charge in [-0.15, -0.1) is 0 Å². The fraction of sp³-hybridized carbons (Fsp3) is 0. The van der Waals surface area contributed by atoms with Crippen LogP contribution in [-0.2, 0) is 0 Å². The molecule has 0 unspecified atom stereocenters. The van der Waals surface area contributed by atoms with Crippen molar-refractivity contribution in [2.24, 2.45) is 0 Å². The van der Waals surface area contributed by atoms with Crippen molar-refractivity contribution in [1.82, 2.24) is 4.98 Å². The summed E-state index contributed by atoms with van der Waals surface area (Å²) in [6.45, 7) is 0.